The molecule has 0 radical (unpaired) electrons. The quantitative estimate of drug-likeness (QED) is 0.218. The Kier molecular flexibility index (Phi) is 9.60. The number of methoxy groups -OCH3 is 1. The molecule has 2 aromatic rings. The van der Waals surface area contributed by atoms with E-state index in [-0.39, 0.29) is 0 Å². The molecule has 9 heteroatoms. The van der Waals surface area contributed by atoms with Crippen molar-refractivity contribution >= 4 is 63.9 Å². The van der Waals surface area contributed by atoms with Crippen molar-refractivity contribution in [1.82, 2.24) is 16.2 Å². The van der Waals surface area contributed by atoms with Gasteiger partial charge in [0, 0.05) is 12.7 Å². The summed E-state index contributed by atoms with van der Waals surface area (Å²) in [5, 5.41) is 15.0. The molecule has 0 aromatic heterocycles. The van der Waals surface area contributed by atoms with Gasteiger partial charge >= 0.3 is 0 Å². The summed E-state index contributed by atoms with van der Waals surface area (Å²) in [6.07, 6.45) is 4.10. The molecule has 162 valence electrons. The Balaban J connectivity index is 1.88. The summed E-state index contributed by atoms with van der Waals surface area (Å²) >= 11 is 10.3. The van der Waals surface area contributed by atoms with Crippen molar-refractivity contribution < 1.29 is 4.74 Å². The van der Waals surface area contributed by atoms with Gasteiger partial charge in [-0.25, -0.2) is 0 Å². The minimum absolute atomic E-state index is 0.382. The third kappa shape index (κ3) is 8.53. The van der Waals surface area contributed by atoms with Crippen molar-refractivity contribution in [3.05, 3.63) is 59.7 Å². The summed E-state index contributed by atoms with van der Waals surface area (Å²) in [6, 6.07) is 15.8. The van der Waals surface area contributed by atoms with Gasteiger partial charge in [-0.1, -0.05) is 36.4 Å². The molecule has 7 nitrogen and oxygen atoms in total. The van der Waals surface area contributed by atoms with Gasteiger partial charge in [0.1, 0.15) is 5.75 Å². The van der Waals surface area contributed by atoms with E-state index in [9.17, 15) is 0 Å². The molecule has 0 heterocycles. The summed E-state index contributed by atoms with van der Waals surface area (Å²) < 4.78 is 5.17. The molecule has 0 aliphatic heterocycles. The third-order valence-corrected chi connectivity index (χ3v) is 4.64. The monoisotopic (exact) mass is 454 g/mol. The number of nitrogens with one attached hydrogen (secondary N) is 4. The third-order valence-electron chi connectivity index (χ3n) is 4.15. The van der Waals surface area contributed by atoms with Crippen LogP contribution in [-0.2, 0) is 0 Å². The zero-order chi connectivity index (χ0) is 22.6. The van der Waals surface area contributed by atoms with Crippen molar-refractivity contribution in [2.75, 3.05) is 19.5 Å². The molecule has 0 aliphatic carbocycles. The van der Waals surface area contributed by atoms with E-state index in [1.807, 2.05) is 74.5 Å². The maximum atomic E-state index is 5.29. The van der Waals surface area contributed by atoms with E-state index >= 15 is 0 Å². The van der Waals surface area contributed by atoms with Crippen LogP contribution in [0.5, 0.6) is 5.75 Å². The zero-order valence-electron chi connectivity index (χ0n) is 17.9. The second-order valence-corrected chi connectivity index (χ2v) is 7.20. The summed E-state index contributed by atoms with van der Waals surface area (Å²) in [7, 11) is 3.38. The van der Waals surface area contributed by atoms with Crippen molar-refractivity contribution in [3.63, 3.8) is 0 Å². The normalized spacial score (nSPS) is 11.7. The second-order valence-electron chi connectivity index (χ2n) is 6.38. The van der Waals surface area contributed by atoms with E-state index in [0.29, 0.717) is 21.6 Å². The van der Waals surface area contributed by atoms with Crippen LogP contribution < -0.4 is 26.2 Å². The molecular formula is C22H26N6OS2. The van der Waals surface area contributed by atoms with Gasteiger partial charge in [0.2, 0.25) is 0 Å². The van der Waals surface area contributed by atoms with E-state index in [0.717, 1.165) is 22.6 Å². The highest BCUT2D eigenvalue weighted by molar-refractivity contribution is 7.80. The second kappa shape index (κ2) is 12.4. The molecule has 0 saturated carbocycles. The summed E-state index contributed by atoms with van der Waals surface area (Å²) in [5.74, 6) is 0.841. The van der Waals surface area contributed by atoms with Gasteiger partial charge in [0.25, 0.3) is 0 Å². The van der Waals surface area contributed by atoms with E-state index < -0.39 is 0 Å². The lowest BCUT2D eigenvalue weighted by Gasteiger charge is -2.08. The lowest BCUT2D eigenvalue weighted by atomic mass is 10.1. The van der Waals surface area contributed by atoms with Crippen LogP contribution >= 0.6 is 24.4 Å². The predicted octanol–water partition coefficient (Wildman–Crippen LogP) is 4.00. The largest absolute Gasteiger partial charge is 0.497 e. The van der Waals surface area contributed by atoms with Crippen LogP contribution in [-0.4, -0.2) is 35.8 Å². The number of nitrogens with zero attached hydrogens (tertiary/aromatic N) is 2. The van der Waals surface area contributed by atoms with Crippen molar-refractivity contribution in [1.29, 1.82) is 0 Å². The number of ether oxygens (including phenoxy) is 1. The van der Waals surface area contributed by atoms with E-state index in [1.165, 1.54) is 0 Å². The van der Waals surface area contributed by atoms with Gasteiger partial charge in [0.05, 0.1) is 18.5 Å². The van der Waals surface area contributed by atoms with E-state index in [1.54, 1.807) is 14.2 Å². The van der Waals surface area contributed by atoms with E-state index in [2.05, 4.69) is 31.7 Å². The van der Waals surface area contributed by atoms with Crippen LogP contribution in [0.15, 0.2) is 58.7 Å². The van der Waals surface area contributed by atoms with Crippen LogP contribution in [0, 0.1) is 0 Å². The first-order valence-electron chi connectivity index (χ1n) is 9.47. The van der Waals surface area contributed by atoms with Crippen molar-refractivity contribution in [2.24, 2.45) is 10.2 Å². The van der Waals surface area contributed by atoms with Gasteiger partial charge in [0.15, 0.2) is 10.2 Å². The molecule has 31 heavy (non-hydrogen) atoms. The van der Waals surface area contributed by atoms with Gasteiger partial charge in [-0.15, -0.1) is 0 Å². The molecule has 0 fully saturated rings. The molecule has 0 bridgehead atoms. The zero-order valence-corrected chi connectivity index (χ0v) is 19.5. The Morgan fingerprint density at radius 3 is 1.77 bits per heavy atom. The number of hydrogen-bond donors (Lipinski definition) is 4. The molecule has 4 N–H and O–H groups in total. The molecule has 0 saturated heterocycles. The first kappa shape index (κ1) is 24.0. The fraction of sp³-hybridized carbons (Fsp3) is 0.182. The fourth-order valence-corrected chi connectivity index (χ4v) is 2.44. The maximum absolute atomic E-state index is 5.29. The Hall–Kier alpha value is -3.30. The number of benzene rings is 2. The Morgan fingerprint density at radius 2 is 1.29 bits per heavy atom. The van der Waals surface area contributed by atoms with Crippen LogP contribution in [0.4, 0.5) is 5.69 Å². The van der Waals surface area contributed by atoms with E-state index in [4.69, 9.17) is 29.2 Å². The molecule has 2 aromatic carbocycles. The van der Waals surface area contributed by atoms with Gasteiger partial charge in [-0.05, 0) is 73.7 Å². The highest BCUT2D eigenvalue weighted by Crippen LogP contribution is 2.15. The van der Waals surface area contributed by atoms with Crippen LogP contribution in [0.2, 0.25) is 0 Å². The van der Waals surface area contributed by atoms with Gasteiger partial charge in [-0.2, -0.15) is 10.2 Å². The minimum Gasteiger partial charge on any atom is -0.497 e. The number of hydrogen-bond acceptors (Lipinski definition) is 5. The van der Waals surface area contributed by atoms with Gasteiger partial charge in [-0.3, -0.25) is 10.9 Å². The Labute approximate surface area is 193 Å². The Morgan fingerprint density at radius 1 is 0.806 bits per heavy atom. The first-order valence-corrected chi connectivity index (χ1v) is 10.3. The maximum Gasteiger partial charge on any atom is 0.191 e. The smallest absolute Gasteiger partial charge is 0.191 e. The molecule has 2 rings (SSSR count). The lowest BCUT2D eigenvalue weighted by molar-refractivity contribution is 0.415. The van der Waals surface area contributed by atoms with Crippen LogP contribution in [0.3, 0.4) is 0 Å². The summed E-state index contributed by atoms with van der Waals surface area (Å²) in [4.78, 5) is 0. The van der Waals surface area contributed by atoms with Gasteiger partial charge < -0.3 is 15.4 Å². The summed E-state index contributed by atoms with van der Waals surface area (Å²) in [5.41, 5.74) is 9.92. The average Bonchev–Trinajstić information content (AvgIpc) is 2.80. The topological polar surface area (TPSA) is 82.1 Å². The molecule has 0 unspecified atom stereocenters. The minimum atomic E-state index is 0.382. The number of thiocarbonyl (C=S) groups is 2. The summed E-state index contributed by atoms with van der Waals surface area (Å²) in [6.45, 7) is 3.64. The standard InChI is InChI=1S/C22H26N6OS2/c1-15(25-27-21(30)23-3)16(2)26-28-22(31)24-19-11-7-17(8-12-19)5-6-18-9-13-20(29-4)14-10-18/h5-14H,1-4H3,(H2,23,27,30)(H2,24,28,31). The van der Waals surface area contributed by atoms with Crippen molar-refractivity contribution in [3.8, 4) is 5.75 Å². The predicted molar refractivity (Wildman–Crippen MR) is 139 cm³/mol. The average molecular weight is 455 g/mol. The molecule has 0 aliphatic rings. The molecule has 0 amide bonds. The number of hydrazone groups is 2. The SMILES string of the molecule is CNC(=S)NN=C(C)C(C)=NNC(=S)Nc1ccc(C=Cc2ccc(OC)cc2)cc1. The molecule has 0 spiro atoms. The Bertz CT molecular complexity index is 982. The van der Waals surface area contributed by atoms with Crippen molar-refractivity contribution in [2.45, 2.75) is 13.8 Å². The molecule has 0 atom stereocenters. The fourth-order valence-electron chi connectivity index (χ4n) is 2.23. The highest BCUT2D eigenvalue weighted by Gasteiger charge is 2.00. The van der Waals surface area contributed by atoms with Crippen LogP contribution in [0.25, 0.3) is 12.2 Å². The number of rotatable bonds is 7. The highest BCUT2D eigenvalue weighted by atomic mass is 32.1. The lowest BCUT2D eigenvalue weighted by Crippen LogP contribution is -2.30. The molecular weight excluding hydrogens is 428 g/mol. The van der Waals surface area contributed by atoms with Crippen LogP contribution in [0.1, 0.15) is 25.0 Å². The first-order chi connectivity index (χ1) is 14.9. The number of anilines is 1.